The lowest BCUT2D eigenvalue weighted by Crippen LogP contribution is -2.27. The van der Waals surface area contributed by atoms with Crippen molar-refractivity contribution in [2.75, 3.05) is 0 Å². The Morgan fingerprint density at radius 2 is 1.79 bits per heavy atom. The van der Waals surface area contributed by atoms with Crippen LogP contribution in [0.5, 0.6) is 0 Å². The van der Waals surface area contributed by atoms with Crippen molar-refractivity contribution in [2.24, 2.45) is 15.9 Å². The van der Waals surface area contributed by atoms with Gasteiger partial charge < -0.3 is 4.42 Å². The SMILES string of the molecule is C=CC1=NC2CC(=C)/N=C(/C=C)c3c(ccc4c3oc3nc(CC(C)C)ccc34)CCC2c2ccccc21. The van der Waals surface area contributed by atoms with Gasteiger partial charge in [-0.3, -0.25) is 9.98 Å². The molecule has 4 heterocycles. The number of aryl methyl sites for hydroxylation is 1. The molecule has 4 nitrogen and oxygen atoms in total. The first kappa shape index (κ1) is 24.3. The van der Waals surface area contributed by atoms with Crippen LogP contribution in [0.25, 0.3) is 22.1 Å². The highest BCUT2D eigenvalue weighted by Crippen LogP contribution is 2.40. The highest BCUT2D eigenvalue weighted by molar-refractivity contribution is 6.19. The standard InChI is InChI=1S/C34H33N3O/c1-6-29-25-11-9-8-10-24(25)26-15-12-22-13-16-27-28-17-14-23(18-20(3)4)36-34(28)38-33(27)32(22)30(7-2)35-21(5)19-31(26)37-29/h6-11,13-14,16-17,20,26,31H,1-2,5,12,15,18-19H2,3-4H3/b35-30-. The molecule has 0 radical (unpaired) electrons. The van der Waals surface area contributed by atoms with E-state index in [1.54, 1.807) is 0 Å². The molecule has 0 saturated heterocycles. The number of hydrogen-bond donors (Lipinski definition) is 0. The summed E-state index contributed by atoms with van der Waals surface area (Å²) in [5.74, 6) is 0.801. The molecular weight excluding hydrogens is 466 g/mol. The summed E-state index contributed by atoms with van der Waals surface area (Å²) in [7, 11) is 0. The number of rotatable bonds is 4. The lowest BCUT2D eigenvalue weighted by molar-refractivity contribution is 0.490. The molecule has 0 spiro atoms. The quantitative estimate of drug-likeness (QED) is 0.284. The van der Waals surface area contributed by atoms with Crippen molar-refractivity contribution < 1.29 is 4.42 Å². The first-order valence-electron chi connectivity index (χ1n) is 13.5. The van der Waals surface area contributed by atoms with Crippen molar-refractivity contribution in [3.63, 3.8) is 0 Å². The molecule has 4 aromatic rings. The molecule has 0 bridgehead atoms. The van der Waals surface area contributed by atoms with E-state index in [0.29, 0.717) is 18.1 Å². The number of allylic oxidation sites excluding steroid dienone is 2. The van der Waals surface area contributed by atoms with E-state index in [9.17, 15) is 0 Å². The molecule has 0 N–H and O–H groups in total. The zero-order valence-electron chi connectivity index (χ0n) is 22.2. The van der Waals surface area contributed by atoms with E-state index in [1.807, 2.05) is 12.2 Å². The van der Waals surface area contributed by atoms with Gasteiger partial charge in [0.05, 0.1) is 17.5 Å². The van der Waals surface area contributed by atoms with Gasteiger partial charge in [0.1, 0.15) is 5.58 Å². The topological polar surface area (TPSA) is 50.8 Å². The average molecular weight is 500 g/mol. The molecule has 0 amide bonds. The van der Waals surface area contributed by atoms with Gasteiger partial charge in [-0.15, -0.1) is 0 Å². The highest BCUT2D eigenvalue weighted by Gasteiger charge is 2.32. The zero-order chi connectivity index (χ0) is 26.4. The maximum atomic E-state index is 6.50. The van der Waals surface area contributed by atoms with Gasteiger partial charge in [-0.2, -0.15) is 0 Å². The summed E-state index contributed by atoms with van der Waals surface area (Å²) < 4.78 is 6.50. The second-order valence-corrected chi connectivity index (χ2v) is 10.8. The van der Waals surface area contributed by atoms with Gasteiger partial charge in [-0.05, 0) is 60.6 Å². The van der Waals surface area contributed by atoms with Crippen molar-refractivity contribution >= 4 is 33.5 Å². The first-order chi connectivity index (χ1) is 18.5. The molecule has 0 fully saturated rings. The van der Waals surface area contributed by atoms with Crippen LogP contribution in [0, 0.1) is 5.92 Å². The number of hydrogen-bond acceptors (Lipinski definition) is 4. The second-order valence-electron chi connectivity index (χ2n) is 10.8. The average Bonchev–Trinajstić information content (AvgIpc) is 3.27. The summed E-state index contributed by atoms with van der Waals surface area (Å²) in [4.78, 5) is 15.0. The molecule has 2 unspecified atom stereocenters. The predicted octanol–water partition coefficient (Wildman–Crippen LogP) is 8.15. The van der Waals surface area contributed by atoms with E-state index in [2.05, 4.69) is 82.1 Å². The summed E-state index contributed by atoms with van der Waals surface area (Å²) in [6, 6.07) is 17.3. The molecule has 2 atom stereocenters. The molecule has 2 aromatic carbocycles. The maximum absolute atomic E-state index is 6.50. The number of pyridine rings is 1. The fourth-order valence-electron chi connectivity index (χ4n) is 6.09. The van der Waals surface area contributed by atoms with E-state index in [4.69, 9.17) is 19.4 Å². The van der Waals surface area contributed by atoms with Crippen LogP contribution in [0.2, 0.25) is 0 Å². The van der Waals surface area contributed by atoms with Crippen LogP contribution >= 0.6 is 0 Å². The zero-order valence-corrected chi connectivity index (χ0v) is 22.2. The third-order valence-corrected chi connectivity index (χ3v) is 7.76. The van der Waals surface area contributed by atoms with Gasteiger partial charge in [0, 0.05) is 45.6 Å². The van der Waals surface area contributed by atoms with Crippen LogP contribution in [0.3, 0.4) is 0 Å². The summed E-state index contributed by atoms with van der Waals surface area (Å²) in [5.41, 5.74) is 9.80. The first-order valence-corrected chi connectivity index (χ1v) is 13.5. The van der Waals surface area contributed by atoms with Crippen LogP contribution in [0.15, 0.2) is 101 Å². The van der Waals surface area contributed by atoms with E-state index < -0.39 is 0 Å². The number of aliphatic imine (C=N–C) groups is 2. The normalized spacial score (nSPS) is 20.8. The molecule has 2 aromatic heterocycles. The summed E-state index contributed by atoms with van der Waals surface area (Å²) >= 11 is 0. The third kappa shape index (κ3) is 4.14. The Hall–Kier alpha value is -4.05. The third-order valence-electron chi connectivity index (χ3n) is 7.76. The Balaban J connectivity index is 1.51. The summed E-state index contributed by atoms with van der Waals surface area (Å²) in [6.45, 7) is 16.9. The molecule has 2 aliphatic heterocycles. The van der Waals surface area contributed by atoms with Gasteiger partial charge in [0.25, 0.3) is 0 Å². The van der Waals surface area contributed by atoms with Gasteiger partial charge in [0.15, 0.2) is 0 Å². The molecule has 2 aliphatic rings. The lowest BCUT2D eigenvalue weighted by Gasteiger charge is -2.32. The second kappa shape index (κ2) is 9.68. The molecular formula is C34H33N3O. The number of benzene rings is 2. The summed E-state index contributed by atoms with van der Waals surface area (Å²) in [6.07, 6.45) is 7.12. The van der Waals surface area contributed by atoms with Gasteiger partial charge >= 0.3 is 0 Å². The predicted molar refractivity (Wildman–Crippen MR) is 159 cm³/mol. The minimum absolute atomic E-state index is 0.0697. The number of fused-ring (bicyclic) bond motifs is 8. The van der Waals surface area contributed by atoms with Gasteiger partial charge in [-0.25, -0.2) is 4.98 Å². The van der Waals surface area contributed by atoms with Crippen molar-refractivity contribution in [1.29, 1.82) is 0 Å². The van der Waals surface area contributed by atoms with Crippen LogP contribution in [0.4, 0.5) is 0 Å². The fraction of sp³-hybridized carbons (Fsp3) is 0.265. The van der Waals surface area contributed by atoms with Crippen molar-refractivity contribution in [1.82, 2.24) is 4.98 Å². The minimum Gasteiger partial charge on any atom is -0.437 e. The Labute approximate surface area is 224 Å². The number of furan rings is 1. The summed E-state index contributed by atoms with van der Waals surface area (Å²) in [5, 5.41) is 2.09. The Morgan fingerprint density at radius 1 is 1.00 bits per heavy atom. The van der Waals surface area contributed by atoms with Crippen molar-refractivity contribution in [2.45, 2.75) is 51.5 Å². The van der Waals surface area contributed by atoms with Crippen molar-refractivity contribution in [3.05, 3.63) is 114 Å². The molecule has 0 aliphatic carbocycles. The van der Waals surface area contributed by atoms with Crippen LogP contribution in [-0.4, -0.2) is 22.4 Å². The minimum atomic E-state index is 0.0697. The molecule has 38 heavy (non-hydrogen) atoms. The van der Waals surface area contributed by atoms with Crippen LogP contribution in [-0.2, 0) is 12.8 Å². The Morgan fingerprint density at radius 3 is 2.58 bits per heavy atom. The maximum Gasteiger partial charge on any atom is 0.227 e. The van der Waals surface area contributed by atoms with Gasteiger partial charge in [0.2, 0.25) is 5.71 Å². The van der Waals surface area contributed by atoms with Crippen molar-refractivity contribution in [3.8, 4) is 0 Å². The smallest absolute Gasteiger partial charge is 0.227 e. The van der Waals surface area contributed by atoms with E-state index >= 15 is 0 Å². The van der Waals surface area contributed by atoms with Crippen LogP contribution in [0.1, 0.15) is 60.6 Å². The lowest BCUT2D eigenvalue weighted by atomic mass is 9.78. The largest absolute Gasteiger partial charge is 0.437 e. The fourth-order valence-corrected chi connectivity index (χ4v) is 6.09. The monoisotopic (exact) mass is 499 g/mol. The highest BCUT2D eigenvalue weighted by atomic mass is 16.3. The van der Waals surface area contributed by atoms with E-state index in [0.717, 1.165) is 64.0 Å². The molecule has 4 heteroatoms. The molecule has 0 saturated carbocycles. The van der Waals surface area contributed by atoms with Gasteiger partial charge in [-0.1, -0.05) is 70.0 Å². The number of aromatic nitrogens is 1. The van der Waals surface area contributed by atoms with E-state index in [1.165, 1.54) is 16.7 Å². The van der Waals surface area contributed by atoms with Crippen LogP contribution < -0.4 is 0 Å². The Kier molecular flexibility index (Phi) is 6.19. The molecule has 6 rings (SSSR count). The number of nitrogens with zero attached hydrogens (tertiary/aromatic N) is 3. The van der Waals surface area contributed by atoms with E-state index in [-0.39, 0.29) is 12.0 Å². The molecule has 190 valence electrons. The Bertz CT molecular complexity index is 1670.